The minimum Gasteiger partial charge on any atom is -0.459 e. The molecule has 0 aromatic rings. The van der Waals surface area contributed by atoms with Crippen molar-refractivity contribution in [3.63, 3.8) is 0 Å². The summed E-state index contributed by atoms with van der Waals surface area (Å²) in [5.41, 5.74) is 1.12. The Morgan fingerprint density at radius 1 is 1.35 bits per heavy atom. The van der Waals surface area contributed by atoms with Gasteiger partial charge < -0.3 is 9.47 Å². The summed E-state index contributed by atoms with van der Waals surface area (Å²) in [5.74, 6) is 1.56. The molecule has 4 atom stereocenters. The van der Waals surface area contributed by atoms with Gasteiger partial charge in [-0.05, 0) is 64.2 Å². The Morgan fingerprint density at radius 3 is 2.57 bits per heavy atom. The number of ether oxygens (including phenoxy) is 2. The van der Waals surface area contributed by atoms with E-state index in [0.29, 0.717) is 23.9 Å². The summed E-state index contributed by atoms with van der Waals surface area (Å²) in [5, 5.41) is 0. The maximum Gasteiger partial charge on any atom is 0.330 e. The molecule has 2 aliphatic rings. The van der Waals surface area contributed by atoms with Crippen LogP contribution in [0.15, 0.2) is 11.6 Å². The molecule has 0 radical (unpaired) electrons. The number of esters is 1. The third-order valence-corrected chi connectivity index (χ3v) is 5.56. The summed E-state index contributed by atoms with van der Waals surface area (Å²) >= 11 is 0. The van der Waals surface area contributed by atoms with Gasteiger partial charge in [-0.15, -0.1) is 0 Å². The Kier molecular flexibility index (Phi) is 5.94. The van der Waals surface area contributed by atoms with E-state index < -0.39 is 0 Å². The van der Waals surface area contributed by atoms with Crippen LogP contribution < -0.4 is 0 Å². The SMILES string of the molecule is C/C(=C\C(=O)O[C@H]1C[C@@H](C)CC[C@@H]1C(C)C)CCC1OC1(C)C. The second-order valence-corrected chi connectivity index (χ2v) is 8.54. The third-order valence-electron chi connectivity index (χ3n) is 5.56. The van der Waals surface area contributed by atoms with Crippen molar-refractivity contribution >= 4 is 5.97 Å². The molecule has 2 rings (SSSR count). The molecular formula is C20H34O3. The first-order chi connectivity index (χ1) is 10.7. The molecule has 0 N–H and O–H groups in total. The molecule has 1 saturated heterocycles. The quantitative estimate of drug-likeness (QED) is 0.397. The fraction of sp³-hybridized carbons (Fsp3) is 0.850. The maximum absolute atomic E-state index is 12.3. The lowest BCUT2D eigenvalue weighted by Crippen LogP contribution is -2.35. The molecule has 0 aromatic carbocycles. The lowest BCUT2D eigenvalue weighted by Gasteiger charge is -2.36. The van der Waals surface area contributed by atoms with Gasteiger partial charge in [0.1, 0.15) is 6.10 Å². The molecule has 23 heavy (non-hydrogen) atoms. The van der Waals surface area contributed by atoms with Crippen molar-refractivity contribution in [2.45, 2.75) is 91.5 Å². The van der Waals surface area contributed by atoms with Crippen molar-refractivity contribution in [3.05, 3.63) is 11.6 Å². The molecule has 0 aromatic heterocycles. The molecule has 1 saturated carbocycles. The Labute approximate surface area is 141 Å². The smallest absolute Gasteiger partial charge is 0.330 e. The molecule has 0 bridgehead atoms. The van der Waals surface area contributed by atoms with Crippen molar-refractivity contribution < 1.29 is 14.3 Å². The van der Waals surface area contributed by atoms with E-state index in [-0.39, 0.29) is 17.7 Å². The minimum atomic E-state index is -0.164. The number of carbonyl (C=O) groups is 1. The van der Waals surface area contributed by atoms with Crippen LogP contribution in [0.2, 0.25) is 0 Å². The molecular weight excluding hydrogens is 288 g/mol. The number of rotatable bonds is 6. The van der Waals surface area contributed by atoms with Gasteiger partial charge >= 0.3 is 5.97 Å². The highest BCUT2D eigenvalue weighted by molar-refractivity contribution is 5.82. The van der Waals surface area contributed by atoms with E-state index in [2.05, 4.69) is 34.6 Å². The van der Waals surface area contributed by atoms with Gasteiger partial charge in [-0.2, -0.15) is 0 Å². The average molecular weight is 322 g/mol. The summed E-state index contributed by atoms with van der Waals surface area (Å²) in [6.45, 7) is 13.0. The van der Waals surface area contributed by atoms with Crippen LogP contribution in [-0.4, -0.2) is 23.8 Å². The summed E-state index contributed by atoms with van der Waals surface area (Å²) < 4.78 is 11.4. The normalized spacial score (nSPS) is 33.6. The summed E-state index contributed by atoms with van der Waals surface area (Å²) in [7, 11) is 0. The van der Waals surface area contributed by atoms with Gasteiger partial charge in [-0.1, -0.05) is 32.8 Å². The van der Waals surface area contributed by atoms with Crippen molar-refractivity contribution in [1.29, 1.82) is 0 Å². The summed E-state index contributed by atoms with van der Waals surface area (Å²) in [6.07, 6.45) is 7.43. The van der Waals surface area contributed by atoms with Crippen LogP contribution in [0.3, 0.4) is 0 Å². The van der Waals surface area contributed by atoms with Gasteiger partial charge in [0.25, 0.3) is 0 Å². The number of allylic oxidation sites excluding steroid dienone is 1. The fourth-order valence-electron chi connectivity index (χ4n) is 3.80. The molecule has 0 spiro atoms. The molecule has 3 nitrogen and oxygen atoms in total. The standard InChI is InChI=1S/C20H34O3/c1-13(2)16-9-7-14(3)11-17(16)22-19(21)12-15(4)8-10-18-20(5,6)23-18/h12-14,16-18H,7-11H2,1-6H3/b15-12+/t14-,16+,17-,18?/m0/s1. The van der Waals surface area contributed by atoms with Gasteiger partial charge in [0, 0.05) is 6.08 Å². The van der Waals surface area contributed by atoms with E-state index in [1.165, 1.54) is 12.8 Å². The van der Waals surface area contributed by atoms with Crippen LogP contribution in [0, 0.1) is 17.8 Å². The molecule has 1 heterocycles. The largest absolute Gasteiger partial charge is 0.459 e. The number of hydrogen-bond acceptors (Lipinski definition) is 3. The highest BCUT2D eigenvalue weighted by atomic mass is 16.6. The zero-order valence-corrected chi connectivity index (χ0v) is 15.7. The van der Waals surface area contributed by atoms with E-state index in [0.717, 1.165) is 24.8 Å². The lowest BCUT2D eigenvalue weighted by atomic mass is 9.75. The highest BCUT2D eigenvalue weighted by Gasteiger charge is 2.46. The van der Waals surface area contributed by atoms with Gasteiger partial charge in [-0.3, -0.25) is 0 Å². The Balaban J connectivity index is 1.83. The van der Waals surface area contributed by atoms with Crippen molar-refractivity contribution in [2.24, 2.45) is 17.8 Å². The predicted octanol–water partition coefficient (Wildman–Crippen LogP) is 4.89. The van der Waals surface area contributed by atoms with Crippen LogP contribution in [0.25, 0.3) is 0 Å². The first-order valence-electron chi connectivity index (χ1n) is 9.24. The third kappa shape index (κ3) is 5.34. The monoisotopic (exact) mass is 322 g/mol. The lowest BCUT2D eigenvalue weighted by molar-refractivity contribution is -0.149. The van der Waals surface area contributed by atoms with Gasteiger partial charge in [0.05, 0.1) is 11.7 Å². The summed E-state index contributed by atoms with van der Waals surface area (Å²) in [6, 6.07) is 0. The first-order valence-corrected chi connectivity index (χ1v) is 9.24. The fourth-order valence-corrected chi connectivity index (χ4v) is 3.80. The Morgan fingerprint density at radius 2 is 2.00 bits per heavy atom. The van der Waals surface area contributed by atoms with Gasteiger partial charge in [0.2, 0.25) is 0 Å². The Bertz CT molecular complexity index is 450. The van der Waals surface area contributed by atoms with Crippen molar-refractivity contribution in [1.82, 2.24) is 0 Å². The number of carbonyl (C=O) groups excluding carboxylic acids is 1. The predicted molar refractivity (Wildman–Crippen MR) is 93.2 cm³/mol. The molecule has 3 heteroatoms. The van der Waals surface area contributed by atoms with Gasteiger partial charge in [0.15, 0.2) is 0 Å². The summed E-state index contributed by atoms with van der Waals surface area (Å²) in [4.78, 5) is 12.3. The number of hydrogen-bond donors (Lipinski definition) is 0. The zero-order valence-electron chi connectivity index (χ0n) is 15.7. The van der Waals surface area contributed by atoms with E-state index in [4.69, 9.17) is 9.47 Å². The molecule has 1 aliphatic heterocycles. The highest BCUT2D eigenvalue weighted by Crippen LogP contribution is 2.39. The van der Waals surface area contributed by atoms with E-state index >= 15 is 0 Å². The van der Waals surface area contributed by atoms with Crippen LogP contribution in [-0.2, 0) is 14.3 Å². The van der Waals surface area contributed by atoms with E-state index in [1.807, 2.05) is 6.92 Å². The zero-order chi connectivity index (χ0) is 17.2. The molecule has 2 fully saturated rings. The van der Waals surface area contributed by atoms with Crippen molar-refractivity contribution in [3.8, 4) is 0 Å². The van der Waals surface area contributed by atoms with Crippen LogP contribution in [0.4, 0.5) is 0 Å². The molecule has 132 valence electrons. The molecule has 1 unspecified atom stereocenters. The van der Waals surface area contributed by atoms with Crippen LogP contribution in [0.1, 0.15) is 73.6 Å². The average Bonchev–Trinajstić information content (AvgIpc) is 3.03. The molecule has 0 amide bonds. The van der Waals surface area contributed by atoms with E-state index in [1.54, 1.807) is 6.08 Å². The van der Waals surface area contributed by atoms with Crippen LogP contribution >= 0.6 is 0 Å². The maximum atomic E-state index is 12.3. The number of epoxide rings is 1. The van der Waals surface area contributed by atoms with E-state index in [9.17, 15) is 4.79 Å². The van der Waals surface area contributed by atoms with Gasteiger partial charge in [-0.25, -0.2) is 4.79 Å². The van der Waals surface area contributed by atoms with Crippen LogP contribution in [0.5, 0.6) is 0 Å². The Hall–Kier alpha value is -0.830. The second kappa shape index (κ2) is 7.38. The topological polar surface area (TPSA) is 38.8 Å². The first kappa shape index (κ1) is 18.5. The van der Waals surface area contributed by atoms with Crippen molar-refractivity contribution in [2.75, 3.05) is 0 Å². The minimum absolute atomic E-state index is 0.0313. The molecule has 1 aliphatic carbocycles. The second-order valence-electron chi connectivity index (χ2n) is 8.54.